The molecule has 0 aliphatic carbocycles. The van der Waals surface area contributed by atoms with E-state index in [1.165, 1.54) is 6.08 Å². The topological polar surface area (TPSA) is 52.6 Å². The van der Waals surface area contributed by atoms with Crippen molar-refractivity contribution >= 4 is 78.2 Å². The number of esters is 1. The normalized spacial score (nSPS) is 11.5. The van der Waals surface area contributed by atoms with Crippen LogP contribution in [0.5, 0.6) is 11.5 Å². The molecule has 2 rings (SSSR count). The molecule has 0 amide bonds. The standard InChI is InChI=1S/C16H8Cl5O4P/c1-7(8-2-4-9(5-3-8)25-26-23)6-10(22)24-16-14(20)12(18)11(17)13(19)15(16)21/h2-6H,1H3. The smallest absolute Gasteiger partial charge is 0.395 e. The molecule has 0 atom stereocenters. The van der Waals surface area contributed by atoms with E-state index in [0.29, 0.717) is 11.3 Å². The van der Waals surface area contributed by atoms with E-state index in [9.17, 15) is 9.36 Å². The molecule has 0 saturated carbocycles. The Bertz CT molecular complexity index is 867. The summed E-state index contributed by atoms with van der Waals surface area (Å²) >= 11 is 29.8. The third-order valence-corrected chi connectivity index (χ3v) is 5.69. The summed E-state index contributed by atoms with van der Waals surface area (Å²) in [6.45, 7) is 1.70. The van der Waals surface area contributed by atoms with Gasteiger partial charge in [-0.2, -0.15) is 0 Å². The summed E-state index contributed by atoms with van der Waals surface area (Å²) in [7, 11) is -0.451. The number of halogens is 5. The van der Waals surface area contributed by atoms with Crippen molar-refractivity contribution in [2.45, 2.75) is 6.92 Å². The molecule has 0 unspecified atom stereocenters. The maximum Gasteiger partial charge on any atom is 0.395 e. The van der Waals surface area contributed by atoms with E-state index < -0.39 is 14.7 Å². The first-order chi connectivity index (χ1) is 12.3. The fraction of sp³-hybridized carbons (Fsp3) is 0.0625. The van der Waals surface area contributed by atoms with E-state index in [-0.39, 0.29) is 30.9 Å². The van der Waals surface area contributed by atoms with Gasteiger partial charge in [-0.3, -0.25) is 0 Å². The van der Waals surface area contributed by atoms with Gasteiger partial charge in [0.2, 0.25) is 0 Å². The van der Waals surface area contributed by atoms with Crippen LogP contribution in [0.15, 0.2) is 30.3 Å². The van der Waals surface area contributed by atoms with Crippen molar-refractivity contribution in [1.29, 1.82) is 0 Å². The number of ether oxygens (including phenoxy) is 1. The summed E-state index contributed by atoms with van der Waals surface area (Å²) in [5.74, 6) is -0.496. The molecular formula is C16H8Cl5O4P. The number of rotatable bonds is 5. The highest BCUT2D eigenvalue weighted by Gasteiger charge is 2.22. The molecule has 0 spiro atoms. The van der Waals surface area contributed by atoms with Gasteiger partial charge in [-0.25, -0.2) is 9.36 Å². The van der Waals surface area contributed by atoms with E-state index in [2.05, 4.69) is 0 Å². The van der Waals surface area contributed by atoms with Crippen LogP contribution in [0.1, 0.15) is 12.5 Å². The lowest BCUT2D eigenvalue weighted by molar-refractivity contribution is -0.128. The lowest BCUT2D eigenvalue weighted by Crippen LogP contribution is -2.06. The summed E-state index contributed by atoms with van der Waals surface area (Å²) in [5.41, 5.74) is 1.32. The van der Waals surface area contributed by atoms with Crippen LogP contribution in [-0.4, -0.2) is 5.97 Å². The number of allylic oxidation sites excluding steroid dienone is 1. The van der Waals surface area contributed by atoms with Crippen LogP contribution in [0, 0.1) is 0 Å². The Morgan fingerprint density at radius 3 is 1.92 bits per heavy atom. The molecule has 2 aromatic carbocycles. The van der Waals surface area contributed by atoms with Crippen LogP contribution in [-0.2, 0) is 9.36 Å². The van der Waals surface area contributed by atoms with Crippen molar-refractivity contribution in [3.8, 4) is 11.5 Å². The maximum atomic E-state index is 12.2. The molecule has 0 fully saturated rings. The van der Waals surface area contributed by atoms with Gasteiger partial charge in [-0.15, -0.1) is 0 Å². The SMILES string of the molecule is CC(=CC(=O)Oc1c(Cl)c(Cl)c(Cl)c(Cl)c1Cl)c1ccc(OP=O)cc1. The number of hydrogen-bond acceptors (Lipinski definition) is 4. The van der Waals surface area contributed by atoms with E-state index in [0.717, 1.165) is 5.56 Å². The van der Waals surface area contributed by atoms with Crippen molar-refractivity contribution in [3.63, 3.8) is 0 Å². The molecule has 10 heteroatoms. The average molecular weight is 472 g/mol. The van der Waals surface area contributed by atoms with Crippen molar-refractivity contribution in [3.05, 3.63) is 61.0 Å². The molecule has 0 aliphatic rings. The van der Waals surface area contributed by atoms with Gasteiger partial charge in [0, 0.05) is 6.08 Å². The molecule has 0 bridgehead atoms. The van der Waals surface area contributed by atoms with E-state index in [1.807, 2.05) is 0 Å². The fourth-order valence-electron chi connectivity index (χ4n) is 1.89. The number of carbonyl (C=O) groups excluding carboxylic acids is 1. The number of benzene rings is 2. The van der Waals surface area contributed by atoms with Crippen LogP contribution < -0.4 is 9.26 Å². The summed E-state index contributed by atoms with van der Waals surface area (Å²) in [6, 6.07) is 6.59. The minimum atomic E-state index is -0.737. The highest BCUT2D eigenvalue weighted by molar-refractivity contribution is 7.17. The van der Waals surface area contributed by atoms with Gasteiger partial charge >= 0.3 is 14.7 Å². The lowest BCUT2D eigenvalue weighted by atomic mass is 10.1. The largest absolute Gasteiger partial charge is 0.420 e. The predicted octanol–water partition coefficient (Wildman–Crippen LogP) is 7.55. The van der Waals surface area contributed by atoms with Crippen LogP contribution in [0.4, 0.5) is 0 Å². The van der Waals surface area contributed by atoms with Crippen molar-refractivity contribution < 1.29 is 18.6 Å². The number of carbonyl (C=O) groups is 1. The Morgan fingerprint density at radius 2 is 1.42 bits per heavy atom. The Hall–Kier alpha value is -1.00. The fourth-order valence-corrected chi connectivity index (χ4v) is 3.29. The highest BCUT2D eigenvalue weighted by Crippen LogP contribution is 2.48. The molecule has 4 nitrogen and oxygen atoms in total. The van der Waals surface area contributed by atoms with E-state index in [4.69, 9.17) is 67.3 Å². The van der Waals surface area contributed by atoms with Crippen LogP contribution in [0.2, 0.25) is 25.1 Å². The summed E-state index contributed by atoms with van der Waals surface area (Å²) < 4.78 is 20.4. The first-order valence-electron chi connectivity index (χ1n) is 6.78. The van der Waals surface area contributed by atoms with Crippen molar-refractivity contribution in [1.82, 2.24) is 0 Å². The van der Waals surface area contributed by atoms with Gasteiger partial charge in [0.1, 0.15) is 15.8 Å². The summed E-state index contributed by atoms with van der Waals surface area (Å²) in [5, 5.41) is -0.416. The zero-order valence-corrected chi connectivity index (χ0v) is 17.5. The van der Waals surface area contributed by atoms with E-state index >= 15 is 0 Å². The minimum Gasteiger partial charge on any atom is -0.420 e. The molecule has 0 heterocycles. The lowest BCUT2D eigenvalue weighted by Gasteiger charge is -2.11. The van der Waals surface area contributed by atoms with Crippen LogP contribution >= 0.6 is 66.7 Å². The van der Waals surface area contributed by atoms with Crippen LogP contribution in [0.3, 0.4) is 0 Å². The van der Waals surface area contributed by atoms with Crippen molar-refractivity contribution in [2.75, 3.05) is 0 Å². The number of hydrogen-bond donors (Lipinski definition) is 0. The summed E-state index contributed by atoms with van der Waals surface area (Å²) in [4.78, 5) is 12.2. The van der Waals surface area contributed by atoms with Gasteiger partial charge in [-0.1, -0.05) is 70.1 Å². The van der Waals surface area contributed by atoms with Gasteiger partial charge in [0.25, 0.3) is 0 Å². The zero-order chi connectivity index (χ0) is 19.4. The second-order valence-corrected chi connectivity index (χ2v) is 7.06. The third-order valence-electron chi connectivity index (χ3n) is 3.16. The second kappa shape index (κ2) is 9.27. The average Bonchev–Trinajstić information content (AvgIpc) is 2.63. The monoisotopic (exact) mass is 470 g/mol. The first kappa shape index (κ1) is 21.3. The first-order valence-corrected chi connectivity index (χ1v) is 9.40. The molecule has 0 N–H and O–H groups in total. The minimum absolute atomic E-state index is 0.0327. The third kappa shape index (κ3) is 4.83. The molecule has 136 valence electrons. The van der Waals surface area contributed by atoms with Gasteiger partial charge in [0.15, 0.2) is 5.75 Å². The molecule has 0 saturated heterocycles. The van der Waals surface area contributed by atoms with E-state index in [1.54, 1.807) is 31.2 Å². The second-order valence-electron chi connectivity index (χ2n) is 4.84. The van der Waals surface area contributed by atoms with Gasteiger partial charge < -0.3 is 9.26 Å². The maximum absolute atomic E-state index is 12.2. The van der Waals surface area contributed by atoms with Crippen molar-refractivity contribution in [2.24, 2.45) is 0 Å². The summed E-state index contributed by atoms with van der Waals surface area (Å²) in [6.07, 6.45) is 1.24. The molecule has 2 aromatic rings. The quantitative estimate of drug-likeness (QED) is 0.113. The molecular weight excluding hydrogens is 464 g/mol. The van der Waals surface area contributed by atoms with Crippen LogP contribution in [0.25, 0.3) is 5.57 Å². The predicted molar refractivity (Wildman–Crippen MR) is 105 cm³/mol. The Morgan fingerprint density at radius 1 is 0.923 bits per heavy atom. The molecule has 0 radical (unpaired) electrons. The highest BCUT2D eigenvalue weighted by atomic mass is 35.5. The molecule has 0 aliphatic heterocycles. The van der Waals surface area contributed by atoms with Gasteiger partial charge in [-0.05, 0) is 30.2 Å². The zero-order valence-electron chi connectivity index (χ0n) is 12.9. The van der Waals surface area contributed by atoms with Gasteiger partial charge in [0.05, 0.1) is 15.1 Å². The Labute approximate surface area is 175 Å². The molecule has 26 heavy (non-hydrogen) atoms. The Kier molecular flexibility index (Phi) is 7.60. The molecule has 0 aromatic heterocycles. The Balaban J connectivity index is 2.25.